The van der Waals surface area contributed by atoms with Crippen molar-refractivity contribution in [2.24, 2.45) is 5.10 Å². The molecule has 0 amide bonds. The number of pyridine rings is 1. The smallest absolute Gasteiger partial charge is 0.123 e. The lowest BCUT2D eigenvalue weighted by Crippen LogP contribution is -2.00. The van der Waals surface area contributed by atoms with Crippen LogP contribution in [0.5, 0.6) is 0 Å². The number of para-hydroxylation sites is 1. The van der Waals surface area contributed by atoms with Crippen molar-refractivity contribution in [2.75, 3.05) is 5.43 Å². The molecule has 0 aliphatic heterocycles. The van der Waals surface area contributed by atoms with E-state index < -0.39 is 0 Å². The van der Waals surface area contributed by atoms with Gasteiger partial charge in [0.2, 0.25) is 0 Å². The van der Waals surface area contributed by atoms with Crippen LogP contribution in [-0.2, 0) is 0 Å². The Labute approximate surface area is 122 Å². The molecule has 4 heteroatoms. The third kappa shape index (κ3) is 2.89. The molecule has 3 aromatic rings. The van der Waals surface area contributed by atoms with Crippen molar-refractivity contribution < 1.29 is 4.39 Å². The van der Waals surface area contributed by atoms with E-state index in [1.165, 1.54) is 12.1 Å². The van der Waals surface area contributed by atoms with E-state index in [9.17, 15) is 4.39 Å². The van der Waals surface area contributed by atoms with Crippen molar-refractivity contribution in [3.8, 4) is 0 Å². The van der Waals surface area contributed by atoms with E-state index in [1.54, 1.807) is 18.3 Å². The maximum absolute atomic E-state index is 12.9. The van der Waals surface area contributed by atoms with E-state index in [2.05, 4.69) is 15.5 Å². The van der Waals surface area contributed by atoms with Gasteiger partial charge in [-0.05, 0) is 36.8 Å². The van der Waals surface area contributed by atoms with Gasteiger partial charge in [0, 0.05) is 11.6 Å². The van der Waals surface area contributed by atoms with Crippen LogP contribution in [0.3, 0.4) is 0 Å². The molecule has 2 aromatic carbocycles. The van der Waals surface area contributed by atoms with E-state index in [0.29, 0.717) is 0 Å². The number of anilines is 1. The van der Waals surface area contributed by atoms with Gasteiger partial charge >= 0.3 is 0 Å². The summed E-state index contributed by atoms with van der Waals surface area (Å²) in [5.74, 6) is -0.252. The molecule has 104 valence electrons. The van der Waals surface area contributed by atoms with Crippen LogP contribution in [0.4, 0.5) is 10.1 Å². The maximum Gasteiger partial charge on any atom is 0.123 e. The second kappa shape index (κ2) is 5.71. The van der Waals surface area contributed by atoms with Crippen molar-refractivity contribution in [1.29, 1.82) is 0 Å². The third-order valence-electron chi connectivity index (χ3n) is 3.24. The van der Waals surface area contributed by atoms with Crippen LogP contribution in [0.1, 0.15) is 12.5 Å². The fourth-order valence-electron chi connectivity index (χ4n) is 2.09. The molecule has 0 fully saturated rings. The Kier molecular flexibility index (Phi) is 3.60. The number of aromatic nitrogens is 1. The minimum absolute atomic E-state index is 0.252. The van der Waals surface area contributed by atoms with Crippen LogP contribution in [0, 0.1) is 5.82 Å². The lowest BCUT2D eigenvalue weighted by molar-refractivity contribution is 0.628. The molecule has 1 aromatic heterocycles. The number of rotatable bonds is 3. The topological polar surface area (TPSA) is 37.3 Å². The Morgan fingerprint density at radius 3 is 2.62 bits per heavy atom. The summed E-state index contributed by atoms with van der Waals surface area (Å²) in [6.07, 6.45) is 1.75. The normalized spacial score (nSPS) is 11.6. The van der Waals surface area contributed by atoms with Gasteiger partial charge in [-0.1, -0.05) is 30.3 Å². The summed E-state index contributed by atoms with van der Waals surface area (Å²) in [5.41, 5.74) is 6.40. The number of hydrazone groups is 1. The number of halogens is 1. The van der Waals surface area contributed by atoms with Gasteiger partial charge in [-0.25, -0.2) is 4.39 Å². The molecule has 3 nitrogen and oxygen atoms in total. The van der Waals surface area contributed by atoms with Gasteiger partial charge in [0.25, 0.3) is 0 Å². The van der Waals surface area contributed by atoms with Crippen molar-refractivity contribution >= 4 is 22.3 Å². The predicted molar refractivity (Wildman–Crippen MR) is 84.0 cm³/mol. The number of fused-ring (bicyclic) bond motifs is 1. The van der Waals surface area contributed by atoms with Crippen LogP contribution in [0.15, 0.2) is 65.9 Å². The van der Waals surface area contributed by atoms with Gasteiger partial charge in [-0.15, -0.1) is 0 Å². The minimum Gasteiger partial charge on any atom is -0.276 e. The fraction of sp³-hybridized carbons (Fsp3) is 0.0588. The number of hydrogen-bond acceptors (Lipinski definition) is 3. The highest BCUT2D eigenvalue weighted by Crippen LogP contribution is 2.20. The van der Waals surface area contributed by atoms with Gasteiger partial charge in [0.15, 0.2) is 0 Å². The summed E-state index contributed by atoms with van der Waals surface area (Å²) >= 11 is 0. The highest BCUT2D eigenvalue weighted by Gasteiger charge is 2.01. The molecule has 1 N–H and O–H groups in total. The van der Waals surface area contributed by atoms with Crippen LogP contribution in [0.25, 0.3) is 10.9 Å². The molecule has 0 aliphatic carbocycles. The highest BCUT2D eigenvalue weighted by molar-refractivity contribution is 5.99. The van der Waals surface area contributed by atoms with Gasteiger partial charge in [0.1, 0.15) is 5.82 Å². The molecular formula is C17H14FN3. The van der Waals surface area contributed by atoms with Crippen molar-refractivity contribution in [3.05, 3.63) is 72.2 Å². The van der Waals surface area contributed by atoms with E-state index in [0.717, 1.165) is 27.9 Å². The molecule has 0 radical (unpaired) electrons. The van der Waals surface area contributed by atoms with E-state index >= 15 is 0 Å². The zero-order valence-electron chi connectivity index (χ0n) is 11.5. The lowest BCUT2D eigenvalue weighted by atomic mass is 10.1. The molecular weight excluding hydrogens is 265 g/mol. The van der Waals surface area contributed by atoms with Crippen molar-refractivity contribution in [2.45, 2.75) is 6.92 Å². The Morgan fingerprint density at radius 1 is 1.05 bits per heavy atom. The Bertz CT molecular complexity index is 789. The summed E-state index contributed by atoms with van der Waals surface area (Å²) < 4.78 is 12.9. The van der Waals surface area contributed by atoms with E-state index in [4.69, 9.17) is 0 Å². The van der Waals surface area contributed by atoms with Crippen LogP contribution in [0.2, 0.25) is 0 Å². The first-order chi connectivity index (χ1) is 10.2. The number of benzene rings is 2. The van der Waals surface area contributed by atoms with Crippen molar-refractivity contribution in [3.63, 3.8) is 0 Å². The summed E-state index contributed by atoms with van der Waals surface area (Å²) in [7, 11) is 0. The predicted octanol–water partition coefficient (Wildman–Crippen LogP) is 4.21. The average molecular weight is 279 g/mol. The van der Waals surface area contributed by atoms with Crippen LogP contribution >= 0.6 is 0 Å². The average Bonchev–Trinajstić information content (AvgIpc) is 2.53. The Hall–Kier alpha value is -2.75. The molecule has 0 saturated heterocycles. The van der Waals surface area contributed by atoms with Crippen LogP contribution < -0.4 is 5.43 Å². The molecule has 0 aliphatic rings. The third-order valence-corrected chi connectivity index (χ3v) is 3.24. The quantitative estimate of drug-likeness (QED) is 0.576. The SMILES string of the molecule is C/C(=N/Nc1cccc2cccnc12)c1ccc(F)cc1. The second-order valence-corrected chi connectivity index (χ2v) is 4.70. The molecule has 0 spiro atoms. The second-order valence-electron chi connectivity index (χ2n) is 4.70. The van der Waals surface area contributed by atoms with Gasteiger partial charge in [-0.2, -0.15) is 5.10 Å². The molecule has 1 heterocycles. The first-order valence-electron chi connectivity index (χ1n) is 6.64. The molecule has 0 atom stereocenters. The zero-order chi connectivity index (χ0) is 14.7. The summed E-state index contributed by atoms with van der Waals surface area (Å²) in [6, 6.07) is 16.1. The fourth-order valence-corrected chi connectivity index (χ4v) is 2.09. The standard InChI is InChI=1S/C17H14FN3/c1-12(13-7-9-15(18)10-8-13)20-21-16-6-2-4-14-5-3-11-19-17(14)16/h2-11,21H,1H3/b20-12-. The molecule has 0 bridgehead atoms. The first-order valence-corrected chi connectivity index (χ1v) is 6.64. The Balaban J connectivity index is 1.88. The van der Waals surface area contributed by atoms with E-state index in [-0.39, 0.29) is 5.82 Å². The zero-order valence-corrected chi connectivity index (χ0v) is 11.5. The van der Waals surface area contributed by atoms with Crippen molar-refractivity contribution in [1.82, 2.24) is 4.98 Å². The minimum atomic E-state index is -0.252. The molecule has 0 saturated carbocycles. The Morgan fingerprint density at radius 2 is 1.81 bits per heavy atom. The van der Waals surface area contributed by atoms with Crippen LogP contribution in [-0.4, -0.2) is 10.7 Å². The van der Waals surface area contributed by atoms with Gasteiger partial charge in [0.05, 0.1) is 16.9 Å². The monoisotopic (exact) mass is 279 g/mol. The summed E-state index contributed by atoms with van der Waals surface area (Å²) in [5, 5.41) is 5.40. The first kappa shape index (κ1) is 13.2. The maximum atomic E-state index is 12.9. The van der Waals surface area contributed by atoms with E-state index in [1.807, 2.05) is 37.3 Å². The molecule has 0 unspecified atom stereocenters. The van der Waals surface area contributed by atoms with Gasteiger partial charge in [-0.3, -0.25) is 10.4 Å². The van der Waals surface area contributed by atoms with Gasteiger partial charge < -0.3 is 0 Å². The molecule has 21 heavy (non-hydrogen) atoms. The lowest BCUT2D eigenvalue weighted by Gasteiger charge is -2.06. The summed E-state index contributed by atoms with van der Waals surface area (Å²) in [6.45, 7) is 1.87. The summed E-state index contributed by atoms with van der Waals surface area (Å²) in [4.78, 5) is 4.36. The highest BCUT2D eigenvalue weighted by atomic mass is 19.1. The largest absolute Gasteiger partial charge is 0.276 e. The number of hydrogen-bond donors (Lipinski definition) is 1. The molecule has 3 rings (SSSR count). The number of nitrogens with one attached hydrogen (secondary N) is 1. The number of nitrogens with zero attached hydrogens (tertiary/aromatic N) is 2.